The molecule has 23 nitrogen and oxygen atoms in total. The molecule has 0 bridgehead atoms. The molecule has 0 saturated heterocycles. The predicted molar refractivity (Wildman–Crippen MR) is 239 cm³/mol. The Morgan fingerprint density at radius 2 is 1.21 bits per heavy atom. The molecule has 0 aliphatic carbocycles. The molecule has 63 heavy (non-hydrogen) atoms. The van der Waals surface area contributed by atoms with Crippen LogP contribution in [-0.2, 0) is 10.1 Å². The summed E-state index contributed by atoms with van der Waals surface area (Å²) >= 11 is 1.66. The van der Waals surface area contributed by atoms with Crippen LogP contribution in [0, 0.1) is 0 Å². The molecule has 0 aliphatic heterocycles. The van der Waals surface area contributed by atoms with Gasteiger partial charge in [0.25, 0.3) is 0 Å². The lowest BCUT2D eigenvalue weighted by molar-refractivity contribution is 0.111. The van der Waals surface area contributed by atoms with E-state index in [2.05, 4.69) is 55.9 Å². The Balaban J connectivity index is 1.70. The van der Waals surface area contributed by atoms with E-state index in [9.17, 15) is 32.8 Å². The molecule has 3 aromatic heterocycles. The number of carbonyl (C=O) groups excluding carboxylic acids is 2. The lowest BCUT2D eigenvalue weighted by Gasteiger charge is -2.25. The van der Waals surface area contributed by atoms with Crippen LogP contribution in [0.5, 0.6) is 11.5 Å². The monoisotopic (exact) mass is 926 g/mol. The molecule has 0 spiro atoms. The van der Waals surface area contributed by atoms with Gasteiger partial charge in [-0.05, 0) is 39.8 Å². The van der Waals surface area contributed by atoms with Crippen LogP contribution in [0.1, 0.15) is 47.0 Å². The summed E-state index contributed by atoms with van der Waals surface area (Å²) in [5, 5.41) is 42.7. The van der Waals surface area contributed by atoms with Gasteiger partial charge in [-0.15, -0.1) is 20.5 Å². The summed E-state index contributed by atoms with van der Waals surface area (Å²) in [7, 11) is -1.82. The standard InChI is InChI=1S/C37H46N14O9S3/c1-7-49(8-2)27-15-23(25(17-29(27)59-5)45-47-36-38-19-22(20-54)61-36)39-33-42-34(44-35(43-33)51(11-13-52)12-14-53)40-24-16-28(50(9-3)10-4)30(60-6)18-26(24)46-48-37-41-32(63(56,57)58)31(21-55)62-37/h15-21,52-53H,7-14H2,1-6H3,(H,56,57,58)(H2,39,40,42,43,44). The molecule has 0 aliphatic rings. The predicted octanol–water partition coefficient (Wildman–Crippen LogP) is 6.47. The smallest absolute Gasteiger partial charge is 0.313 e. The van der Waals surface area contributed by atoms with Crippen molar-refractivity contribution in [2.45, 2.75) is 32.7 Å². The number of aliphatic hydroxyl groups is 2. The second-order valence-electron chi connectivity index (χ2n) is 12.7. The van der Waals surface area contributed by atoms with Gasteiger partial charge in [0.15, 0.2) is 12.6 Å². The SMILES string of the molecule is CCN(CC)c1cc(Nc2nc(Nc3cc(N(CC)CC)c(OC)cc3N=Nc3nc(S(=O)(=O)O)c(C=O)s3)nc(N(CCO)CCO)n2)c(N=Nc2ncc(C=O)s2)cc1OC. The molecule has 336 valence electrons. The van der Waals surface area contributed by atoms with Crippen molar-refractivity contribution in [3.8, 4) is 11.5 Å². The maximum absolute atomic E-state index is 11.9. The lowest BCUT2D eigenvalue weighted by Crippen LogP contribution is -2.31. The minimum Gasteiger partial charge on any atom is -0.494 e. The number of azo groups is 2. The number of rotatable bonds is 24. The number of methoxy groups -OCH3 is 2. The number of aromatic nitrogens is 5. The zero-order valence-corrected chi connectivity index (χ0v) is 37.5. The molecule has 5 N–H and O–H groups in total. The zero-order chi connectivity index (χ0) is 45.7. The summed E-state index contributed by atoms with van der Waals surface area (Å²) in [6.45, 7) is 9.90. The Morgan fingerprint density at radius 3 is 1.60 bits per heavy atom. The average molecular weight is 927 g/mol. The van der Waals surface area contributed by atoms with Crippen LogP contribution in [-0.4, -0.2) is 127 Å². The molecular weight excluding hydrogens is 881 g/mol. The van der Waals surface area contributed by atoms with Crippen molar-refractivity contribution in [2.24, 2.45) is 20.5 Å². The number of aliphatic hydroxyl groups excluding tert-OH is 2. The van der Waals surface area contributed by atoms with Crippen LogP contribution in [0.15, 0.2) is 55.9 Å². The second kappa shape index (κ2) is 22.2. The molecule has 0 unspecified atom stereocenters. The third kappa shape index (κ3) is 11.8. The normalized spacial score (nSPS) is 11.6. The third-order valence-electron chi connectivity index (χ3n) is 9.02. The summed E-state index contributed by atoms with van der Waals surface area (Å²) in [6, 6.07) is 6.79. The van der Waals surface area contributed by atoms with E-state index in [-0.39, 0.29) is 76.9 Å². The minimum atomic E-state index is -4.84. The number of hydrogen-bond acceptors (Lipinski definition) is 24. The Labute approximate surface area is 370 Å². The first-order chi connectivity index (χ1) is 30.4. The molecule has 0 radical (unpaired) electrons. The summed E-state index contributed by atoms with van der Waals surface area (Å²) in [4.78, 5) is 50.5. The van der Waals surface area contributed by atoms with Crippen molar-refractivity contribution >= 4 is 108 Å². The first-order valence-corrected chi connectivity index (χ1v) is 22.3. The molecule has 3 heterocycles. The van der Waals surface area contributed by atoms with E-state index in [1.807, 2.05) is 32.6 Å². The molecule has 0 atom stereocenters. The highest BCUT2D eigenvalue weighted by Crippen LogP contribution is 2.43. The van der Waals surface area contributed by atoms with Crippen LogP contribution in [0.2, 0.25) is 0 Å². The quantitative estimate of drug-likeness (QED) is 0.0251. The number of nitrogens with one attached hydrogen (secondary N) is 2. The number of anilines is 7. The number of nitrogens with zero attached hydrogens (tertiary/aromatic N) is 12. The molecule has 26 heteroatoms. The third-order valence-corrected chi connectivity index (χ3v) is 11.6. The van der Waals surface area contributed by atoms with E-state index >= 15 is 0 Å². The van der Waals surface area contributed by atoms with Crippen molar-refractivity contribution < 1.29 is 42.2 Å². The fraction of sp³-hybridized carbons (Fsp3) is 0.378. The summed E-state index contributed by atoms with van der Waals surface area (Å²) in [5.41, 5.74) is 2.48. The second-order valence-corrected chi connectivity index (χ2v) is 16.1. The van der Waals surface area contributed by atoms with Gasteiger partial charge in [0.2, 0.25) is 33.1 Å². The highest BCUT2D eigenvalue weighted by molar-refractivity contribution is 7.86. The van der Waals surface area contributed by atoms with E-state index in [0.717, 1.165) is 17.0 Å². The number of thiazole rings is 2. The fourth-order valence-electron chi connectivity index (χ4n) is 6.02. The molecule has 5 rings (SSSR count). The van der Waals surface area contributed by atoms with Gasteiger partial charge in [-0.2, -0.15) is 23.4 Å². The van der Waals surface area contributed by atoms with E-state index in [1.165, 1.54) is 20.4 Å². The Bertz CT molecular complexity index is 2540. The fourth-order valence-corrected chi connectivity index (χ4v) is 8.17. The van der Waals surface area contributed by atoms with Gasteiger partial charge in [-0.1, -0.05) is 22.7 Å². The van der Waals surface area contributed by atoms with Crippen molar-refractivity contribution in [2.75, 3.05) is 92.0 Å². The van der Waals surface area contributed by atoms with Crippen LogP contribution < -0.4 is 34.8 Å². The Hall–Kier alpha value is -6.32. The number of hydrogen-bond donors (Lipinski definition) is 5. The summed E-state index contributed by atoms with van der Waals surface area (Å²) in [6.07, 6.45) is 2.30. The van der Waals surface area contributed by atoms with Gasteiger partial charge in [0.1, 0.15) is 27.8 Å². The number of aldehydes is 2. The number of ether oxygens (including phenoxy) is 2. The minimum absolute atomic E-state index is 0.00411. The van der Waals surface area contributed by atoms with E-state index < -0.39 is 15.1 Å². The van der Waals surface area contributed by atoms with Crippen LogP contribution in [0.4, 0.5) is 62.2 Å². The topological polar surface area (TPSA) is 295 Å². The first-order valence-electron chi connectivity index (χ1n) is 19.3. The van der Waals surface area contributed by atoms with Crippen molar-refractivity contribution in [3.63, 3.8) is 0 Å². The van der Waals surface area contributed by atoms with Crippen molar-refractivity contribution in [1.29, 1.82) is 0 Å². The molecule has 2 aromatic carbocycles. The van der Waals surface area contributed by atoms with Gasteiger partial charge >= 0.3 is 10.1 Å². The van der Waals surface area contributed by atoms with Crippen molar-refractivity contribution in [1.82, 2.24) is 24.9 Å². The molecule has 5 aromatic rings. The van der Waals surface area contributed by atoms with E-state index in [0.29, 0.717) is 77.2 Å². The highest BCUT2D eigenvalue weighted by atomic mass is 32.2. The molecule has 0 fully saturated rings. The Kier molecular flexibility index (Phi) is 16.8. The average Bonchev–Trinajstić information content (AvgIpc) is 3.94. The maximum Gasteiger partial charge on any atom is 0.313 e. The highest BCUT2D eigenvalue weighted by Gasteiger charge is 2.23. The van der Waals surface area contributed by atoms with Gasteiger partial charge in [-0.3, -0.25) is 14.1 Å². The van der Waals surface area contributed by atoms with Crippen LogP contribution >= 0.6 is 22.7 Å². The van der Waals surface area contributed by atoms with Gasteiger partial charge in [0.05, 0.1) is 61.3 Å². The summed E-state index contributed by atoms with van der Waals surface area (Å²) in [5.74, 6) is 0.930. The summed E-state index contributed by atoms with van der Waals surface area (Å²) < 4.78 is 44.8. The van der Waals surface area contributed by atoms with Crippen LogP contribution in [0.25, 0.3) is 0 Å². The van der Waals surface area contributed by atoms with E-state index in [4.69, 9.17) is 14.5 Å². The number of carbonyl (C=O) groups is 2. The zero-order valence-electron chi connectivity index (χ0n) is 35.1. The number of benzene rings is 2. The van der Waals surface area contributed by atoms with Gasteiger partial charge < -0.3 is 45.0 Å². The Morgan fingerprint density at radius 1 is 0.698 bits per heavy atom. The molecular formula is C37H46N14O9S3. The largest absolute Gasteiger partial charge is 0.494 e. The first kappa shape index (κ1) is 47.7. The van der Waals surface area contributed by atoms with Crippen molar-refractivity contribution in [3.05, 3.63) is 40.2 Å². The van der Waals surface area contributed by atoms with Crippen LogP contribution in [0.3, 0.4) is 0 Å². The molecule has 0 amide bonds. The lowest BCUT2D eigenvalue weighted by atomic mass is 10.2. The van der Waals surface area contributed by atoms with Gasteiger partial charge in [-0.25, -0.2) is 9.97 Å². The maximum atomic E-state index is 11.9. The van der Waals surface area contributed by atoms with E-state index in [1.54, 1.807) is 29.2 Å². The van der Waals surface area contributed by atoms with Gasteiger partial charge in [0, 0.05) is 51.4 Å². The molecule has 0 saturated carbocycles.